The number of halogens is 1. The molecule has 1 N–H and O–H groups in total. The van der Waals surface area contributed by atoms with Crippen LogP contribution in [0.5, 0.6) is 5.75 Å². The minimum absolute atomic E-state index is 0.310. The third kappa shape index (κ3) is 4.04. The molecule has 0 radical (unpaired) electrons. The number of hydrogen-bond acceptors (Lipinski definition) is 5. The molecule has 7 nitrogen and oxygen atoms in total. The maximum Gasteiger partial charge on any atom is 0.257 e. The van der Waals surface area contributed by atoms with E-state index in [1.165, 1.54) is 6.07 Å². The van der Waals surface area contributed by atoms with Crippen LogP contribution in [0.25, 0.3) is 22.3 Å². The molecule has 1 aliphatic heterocycles. The zero-order chi connectivity index (χ0) is 22.9. The molecule has 0 saturated carbocycles. The summed E-state index contributed by atoms with van der Waals surface area (Å²) in [6.45, 7) is 2.55. The molecular weight excluding hydrogens is 421 g/mol. The van der Waals surface area contributed by atoms with E-state index < -0.39 is 5.82 Å². The number of benzene rings is 2. The van der Waals surface area contributed by atoms with E-state index in [2.05, 4.69) is 20.5 Å². The fraction of sp³-hybridized carbons (Fsp3) is 0.280. The number of aromatic nitrogens is 4. The second-order valence-corrected chi connectivity index (χ2v) is 8.23. The van der Waals surface area contributed by atoms with Gasteiger partial charge in [-0.3, -0.25) is 9.78 Å². The first-order chi connectivity index (χ1) is 16.0. The highest BCUT2D eigenvalue weighted by Crippen LogP contribution is 2.28. The number of pyridine rings is 1. The van der Waals surface area contributed by atoms with Gasteiger partial charge in [0, 0.05) is 30.1 Å². The summed E-state index contributed by atoms with van der Waals surface area (Å²) in [6, 6.07) is 11.8. The number of aryl methyl sites for hydroxylation is 2. The molecule has 0 spiro atoms. The van der Waals surface area contributed by atoms with Gasteiger partial charge in [-0.15, -0.1) is 10.2 Å². The lowest BCUT2D eigenvalue weighted by molar-refractivity contribution is 0.102. The van der Waals surface area contributed by atoms with Crippen LogP contribution in [0.1, 0.15) is 41.1 Å². The summed E-state index contributed by atoms with van der Waals surface area (Å²) in [5.74, 6) is 1.38. The number of carbonyl (C=O) groups is 1. The molecule has 33 heavy (non-hydrogen) atoms. The number of nitrogens with zero attached hydrogens (tertiary/aromatic N) is 4. The molecule has 2 aromatic heterocycles. The van der Waals surface area contributed by atoms with Gasteiger partial charge in [0.1, 0.15) is 17.4 Å². The third-order valence-electron chi connectivity index (χ3n) is 6.03. The topological polar surface area (TPSA) is 81.9 Å². The molecule has 2 aromatic carbocycles. The Hall–Kier alpha value is -3.81. The Bertz CT molecular complexity index is 1360. The van der Waals surface area contributed by atoms with Crippen molar-refractivity contribution in [2.24, 2.45) is 0 Å². The maximum atomic E-state index is 14.8. The molecule has 0 atom stereocenters. The van der Waals surface area contributed by atoms with E-state index in [0.717, 1.165) is 49.0 Å². The second-order valence-electron chi connectivity index (χ2n) is 8.23. The van der Waals surface area contributed by atoms with Crippen molar-refractivity contribution in [1.82, 2.24) is 19.7 Å². The van der Waals surface area contributed by atoms with Crippen LogP contribution in [0.15, 0.2) is 42.5 Å². The molecule has 0 unspecified atom stereocenters. The molecule has 1 aliphatic rings. The SMILES string of the molecule is COc1ccc2cc(C(=O)Nc3ccc(F)c(-c4nnc5n4CCCCC5)c3)c(C)nc2c1. The van der Waals surface area contributed by atoms with Crippen LogP contribution in [0.3, 0.4) is 0 Å². The zero-order valence-corrected chi connectivity index (χ0v) is 18.6. The summed E-state index contributed by atoms with van der Waals surface area (Å²) in [6.07, 6.45) is 4.03. The van der Waals surface area contributed by atoms with Crippen molar-refractivity contribution in [2.45, 2.75) is 39.2 Å². The summed E-state index contributed by atoms with van der Waals surface area (Å²) in [7, 11) is 1.60. The second kappa shape index (κ2) is 8.61. The first-order valence-electron chi connectivity index (χ1n) is 11.0. The van der Waals surface area contributed by atoms with Crippen molar-refractivity contribution < 1.29 is 13.9 Å². The molecule has 0 saturated heterocycles. The van der Waals surface area contributed by atoms with Crippen LogP contribution >= 0.6 is 0 Å². The van der Waals surface area contributed by atoms with E-state index >= 15 is 0 Å². The Morgan fingerprint density at radius 3 is 2.82 bits per heavy atom. The van der Waals surface area contributed by atoms with Gasteiger partial charge in [0.05, 0.1) is 29.4 Å². The van der Waals surface area contributed by atoms with Crippen molar-refractivity contribution in [1.29, 1.82) is 0 Å². The van der Waals surface area contributed by atoms with Crippen LogP contribution in [0.2, 0.25) is 0 Å². The number of amides is 1. The zero-order valence-electron chi connectivity index (χ0n) is 18.6. The molecule has 0 bridgehead atoms. The number of ether oxygens (including phenoxy) is 1. The average Bonchev–Trinajstić information content (AvgIpc) is 3.06. The lowest BCUT2D eigenvalue weighted by atomic mass is 10.1. The molecule has 168 valence electrons. The third-order valence-corrected chi connectivity index (χ3v) is 6.03. The number of hydrogen-bond donors (Lipinski definition) is 1. The summed E-state index contributed by atoms with van der Waals surface area (Å²) in [4.78, 5) is 17.6. The quantitative estimate of drug-likeness (QED) is 0.482. The standard InChI is InChI=1S/C25H24FN5O2/c1-15-19(12-16-7-9-18(33-2)14-22(16)27-15)25(32)28-17-8-10-21(26)20(13-17)24-30-29-23-6-4-3-5-11-31(23)24/h7-10,12-14H,3-6,11H2,1-2H3,(H,28,32). The van der Waals surface area contributed by atoms with Gasteiger partial charge in [-0.05, 0) is 56.2 Å². The largest absolute Gasteiger partial charge is 0.497 e. The maximum absolute atomic E-state index is 14.8. The highest BCUT2D eigenvalue weighted by Gasteiger charge is 2.20. The molecule has 5 rings (SSSR count). The van der Waals surface area contributed by atoms with E-state index in [0.29, 0.717) is 34.1 Å². The number of fused-ring (bicyclic) bond motifs is 2. The van der Waals surface area contributed by atoms with Crippen LogP contribution in [0.4, 0.5) is 10.1 Å². The first kappa shape index (κ1) is 21.1. The van der Waals surface area contributed by atoms with Crippen molar-refractivity contribution in [2.75, 3.05) is 12.4 Å². The molecule has 8 heteroatoms. The number of carbonyl (C=O) groups excluding carboxylic acids is 1. The smallest absolute Gasteiger partial charge is 0.257 e. The molecule has 4 aromatic rings. The highest BCUT2D eigenvalue weighted by atomic mass is 19.1. The van der Waals surface area contributed by atoms with Gasteiger partial charge < -0.3 is 14.6 Å². The Kier molecular flexibility index (Phi) is 5.50. The van der Waals surface area contributed by atoms with Crippen molar-refractivity contribution >= 4 is 22.5 Å². The summed E-state index contributed by atoms with van der Waals surface area (Å²) in [5, 5.41) is 12.2. The number of rotatable bonds is 4. The molecule has 0 aliphatic carbocycles. The van der Waals surface area contributed by atoms with Gasteiger partial charge in [-0.1, -0.05) is 6.42 Å². The normalized spacial score (nSPS) is 13.4. The summed E-state index contributed by atoms with van der Waals surface area (Å²) >= 11 is 0. The van der Waals surface area contributed by atoms with Gasteiger partial charge in [0.25, 0.3) is 5.91 Å². The summed E-state index contributed by atoms with van der Waals surface area (Å²) < 4.78 is 22.0. The molecular formula is C25H24FN5O2. The Labute approximate surface area is 190 Å². The highest BCUT2D eigenvalue weighted by molar-refractivity contribution is 6.07. The van der Waals surface area contributed by atoms with E-state index in [4.69, 9.17) is 4.74 Å². The Balaban J connectivity index is 1.45. The number of anilines is 1. The molecule has 3 heterocycles. The summed E-state index contributed by atoms with van der Waals surface area (Å²) in [5.41, 5.74) is 2.61. The van der Waals surface area contributed by atoms with E-state index in [-0.39, 0.29) is 5.91 Å². The number of nitrogens with one attached hydrogen (secondary N) is 1. The number of methoxy groups -OCH3 is 1. The van der Waals surface area contributed by atoms with E-state index in [1.807, 2.05) is 22.8 Å². The van der Waals surface area contributed by atoms with E-state index in [9.17, 15) is 9.18 Å². The monoisotopic (exact) mass is 445 g/mol. The van der Waals surface area contributed by atoms with Gasteiger partial charge in [-0.2, -0.15) is 0 Å². The van der Waals surface area contributed by atoms with Crippen molar-refractivity contribution in [3.8, 4) is 17.1 Å². The van der Waals surface area contributed by atoms with Gasteiger partial charge in [0.15, 0.2) is 5.82 Å². The molecule has 1 amide bonds. The van der Waals surface area contributed by atoms with E-state index in [1.54, 1.807) is 32.2 Å². The van der Waals surface area contributed by atoms with Crippen LogP contribution < -0.4 is 10.1 Å². The van der Waals surface area contributed by atoms with Crippen LogP contribution in [0, 0.1) is 12.7 Å². The fourth-order valence-corrected chi connectivity index (χ4v) is 4.26. The van der Waals surface area contributed by atoms with Crippen molar-refractivity contribution in [3.63, 3.8) is 0 Å². The van der Waals surface area contributed by atoms with Gasteiger partial charge in [0.2, 0.25) is 0 Å². The predicted molar refractivity (Wildman–Crippen MR) is 124 cm³/mol. The van der Waals surface area contributed by atoms with Crippen LogP contribution in [-0.4, -0.2) is 32.8 Å². The molecule has 0 fully saturated rings. The van der Waals surface area contributed by atoms with Crippen molar-refractivity contribution in [3.05, 3.63) is 65.4 Å². The Morgan fingerprint density at radius 1 is 1.09 bits per heavy atom. The van der Waals surface area contributed by atoms with Gasteiger partial charge >= 0.3 is 0 Å². The minimum atomic E-state index is -0.398. The average molecular weight is 445 g/mol. The van der Waals surface area contributed by atoms with Crippen LogP contribution in [-0.2, 0) is 13.0 Å². The minimum Gasteiger partial charge on any atom is -0.497 e. The lowest BCUT2D eigenvalue weighted by Gasteiger charge is -2.12. The van der Waals surface area contributed by atoms with Gasteiger partial charge in [-0.25, -0.2) is 4.39 Å². The lowest BCUT2D eigenvalue weighted by Crippen LogP contribution is -2.14. The first-order valence-corrected chi connectivity index (χ1v) is 11.0. The predicted octanol–water partition coefficient (Wildman–Crippen LogP) is 4.93. The fourth-order valence-electron chi connectivity index (χ4n) is 4.26. The Morgan fingerprint density at radius 2 is 1.97 bits per heavy atom.